The highest BCUT2D eigenvalue weighted by Crippen LogP contribution is 2.04. The summed E-state index contributed by atoms with van der Waals surface area (Å²) in [6.07, 6.45) is 2.60. The van der Waals surface area contributed by atoms with Crippen LogP contribution in [0, 0.1) is 0 Å². The van der Waals surface area contributed by atoms with Crippen molar-refractivity contribution < 1.29 is 4.79 Å². The van der Waals surface area contributed by atoms with Gasteiger partial charge in [-0.3, -0.25) is 0 Å². The highest BCUT2D eigenvalue weighted by Gasteiger charge is 2.14. The van der Waals surface area contributed by atoms with Crippen molar-refractivity contribution in [3.8, 4) is 0 Å². The van der Waals surface area contributed by atoms with Gasteiger partial charge in [0.15, 0.2) is 5.82 Å². The molecule has 2 aromatic rings. The van der Waals surface area contributed by atoms with Crippen molar-refractivity contribution in [3.05, 3.63) is 48.0 Å². The number of amides is 2. The van der Waals surface area contributed by atoms with E-state index >= 15 is 0 Å². The van der Waals surface area contributed by atoms with Crippen LogP contribution in [0.1, 0.15) is 32.2 Å². The van der Waals surface area contributed by atoms with Crippen LogP contribution in [0.25, 0.3) is 0 Å². The fraction of sp³-hybridized carbons (Fsp3) is 0.438. The van der Waals surface area contributed by atoms with Gasteiger partial charge in [-0.1, -0.05) is 30.3 Å². The van der Waals surface area contributed by atoms with Crippen molar-refractivity contribution in [3.63, 3.8) is 0 Å². The maximum atomic E-state index is 11.8. The van der Waals surface area contributed by atoms with Crippen molar-refractivity contribution in [1.29, 1.82) is 0 Å². The van der Waals surface area contributed by atoms with Crippen LogP contribution in [0.3, 0.4) is 0 Å². The quantitative estimate of drug-likeness (QED) is 0.888. The van der Waals surface area contributed by atoms with Crippen LogP contribution >= 0.6 is 0 Å². The van der Waals surface area contributed by atoms with Crippen LogP contribution in [-0.4, -0.2) is 26.3 Å². The van der Waals surface area contributed by atoms with Gasteiger partial charge in [0.25, 0.3) is 0 Å². The standard InChI is InChI=1S/C16H23N5O/c1-16(2,3)19-15(22)17-11-14-20-18-12-21(14)10-9-13-7-5-4-6-8-13/h4-8,12H,9-11H2,1-3H3,(H2,17,19,22). The zero-order valence-corrected chi connectivity index (χ0v) is 13.3. The van der Waals surface area contributed by atoms with Crippen molar-refractivity contribution in [2.24, 2.45) is 0 Å². The third-order valence-corrected chi connectivity index (χ3v) is 3.08. The van der Waals surface area contributed by atoms with Crippen LogP contribution in [0.5, 0.6) is 0 Å². The Morgan fingerprint density at radius 1 is 1.23 bits per heavy atom. The first kappa shape index (κ1) is 16.0. The van der Waals surface area contributed by atoms with E-state index in [1.807, 2.05) is 43.5 Å². The van der Waals surface area contributed by atoms with Crippen LogP contribution in [0.2, 0.25) is 0 Å². The van der Waals surface area contributed by atoms with Crippen LogP contribution in [0.4, 0.5) is 4.79 Å². The minimum Gasteiger partial charge on any atom is -0.334 e. The molecule has 0 bridgehead atoms. The molecule has 0 radical (unpaired) electrons. The van der Waals surface area contributed by atoms with E-state index < -0.39 is 0 Å². The van der Waals surface area contributed by atoms with Crippen molar-refractivity contribution >= 4 is 6.03 Å². The number of nitrogens with one attached hydrogen (secondary N) is 2. The van der Waals surface area contributed by atoms with E-state index in [-0.39, 0.29) is 11.6 Å². The first-order valence-corrected chi connectivity index (χ1v) is 7.41. The molecule has 6 heteroatoms. The Morgan fingerprint density at radius 2 is 1.95 bits per heavy atom. The smallest absolute Gasteiger partial charge is 0.315 e. The van der Waals surface area contributed by atoms with E-state index in [1.165, 1.54) is 5.56 Å². The lowest BCUT2D eigenvalue weighted by atomic mass is 10.1. The molecule has 0 unspecified atom stereocenters. The Hall–Kier alpha value is -2.37. The van der Waals surface area contributed by atoms with E-state index in [1.54, 1.807) is 6.33 Å². The van der Waals surface area contributed by atoms with Crippen molar-refractivity contribution in [2.75, 3.05) is 0 Å². The second-order valence-corrected chi connectivity index (χ2v) is 6.23. The molecule has 0 aliphatic heterocycles. The third-order valence-electron chi connectivity index (χ3n) is 3.08. The first-order chi connectivity index (χ1) is 10.4. The third kappa shape index (κ3) is 5.20. The van der Waals surface area contributed by atoms with Gasteiger partial charge in [-0.2, -0.15) is 0 Å². The summed E-state index contributed by atoms with van der Waals surface area (Å²) >= 11 is 0. The summed E-state index contributed by atoms with van der Waals surface area (Å²) in [5.74, 6) is 0.750. The number of aryl methyl sites for hydroxylation is 2. The number of carbonyl (C=O) groups excluding carboxylic acids is 1. The van der Waals surface area contributed by atoms with Gasteiger partial charge in [0.05, 0.1) is 6.54 Å². The molecule has 2 N–H and O–H groups in total. The normalized spacial score (nSPS) is 11.2. The summed E-state index contributed by atoms with van der Waals surface area (Å²) in [4.78, 5) is 11.8. The van der Waals surface area contributed by atoms with E-state index in [9.17, 15) is 4.79 Å². The molecule has 0 aliphatic rings. The van der Waals surface area contributed by atoms with Crippen molar-refractivity contribution in [1.82, 2.24) is 25.4 Å². The Morgan fingerprint density at radius 3 is 2.64 bits per heavy atom. The molecule has 0 saturated carbocycles. The van der Waals surface area contributed by atoms with E-state index in [0.717, 1.165) is 18.8 Å². The highest BCUT2D eigenvalue weighted by molar-refractivity contribution is 5.74. The molecule has 22 heavy (non-hydrogen) atoms. The molecule has 1 heterocycles. The lowest BCUT2D eigenvalue weighted by molar-refractivity contribution is 0.231. The Kier molecular flexibility index (Phi) is 5.14. The molecule has 0 saturated heterocycles. The summed E-state index contributed by atoms with van der Waals surface area (Å²) in [7, 11) is 0. The Labute approximate surface area is 130 Å². The van der Waals surface area contributed by atoms with Crippen LogP contribution in [-0.2, 0) is 19.5 Å². The average molecular weight is 301 g/mol. The molecule has 6 nitrogen and oxygen atoms in total. The second kappa shape index (κ2) is 7.06. The summed E-state index contributed by atoms with van der Waals surface area (Å²) < 4.78 is 1.96. The van der Waals surface area contributed by atoms with Crippen LogP contribution in [0.15, 0.2) is 36.7 Å². The van der Waals surface area contributed by atoms with Gasteiger partial charge in [-0.15, -0.1) is 10.2 Å². The number of carbonyl (C=O) groups is 1. The summed E-state index contributed by atoms with van der Waals surface area (Å²) in [6, 6.07) is 10.1. The molecule has 2 amide bonds. The predicted octanol–water partition coefficient (Wildman–Crippen LogP) is 2.12. The Balaban J connectivity index is 1.86. The maximum Gasteiger partial charge on any atom is 0.315 e. The van der Waals surface area contributed by atoms with E-state index in [4.69, 9.17) is 0 Å². The minimum absolute atomic E-state index is 0.204. The van der Waals surface area contributed by atoms with Gasteiger partial charge < -0.3 is 15.2 Å². The van der Waals surface area contributed by atoms with Crippen LogP contribution < -0.4 is 10.6 Å². The molecule has 0 aliphatic carbocycles. The lowest BCUT2D eigenvalue weighted by Crippen LogP contribution is -2.46. The number of hydrogen-bond acceptors (Lipinski definition) is 3. The molecular weight excluding hydrogens is 278 g/mol. The highest BCUT2D eigenvalue weighted by atomic mass is 16.2. The van der Waals surface area contributed by atoms with Gasteiger partial charge in [-0.25, -0.2) is 4.79 Å². The predicted molar refractivity (Wildman–Crippen MR) is 85.3 cm³/mol. The first-order valence-electron chi connectivity index (χ1n) is 7.41. The number of aromatic nitrogens is 3. The van der Waals surface area contributed by atoms with Gasteiger partial charge in [0, 0.05) is 12.1 Å². The molecule has 0 fully saturated rings. The largest absolute Gasteiger partial charge is 0.334 e. The van der Waals surface area contributed by atoms with Gasteiger partial charge >= 0.3 is 6.03 Å². The molecule has 2 rings (SSSR count). The van der Waals surface area contributed by atoms with E-state index in [0.29, 0.717) is 6.54 Å². The number of nitrogens with zero attached hydrogens (tertiary/aromatic N) is 3. The van der Waals surface area contributed by atoms with E-state index in [2.05, 4.69) is 33.0 Å². The molecule has 118 valence electrons. The van der Waals surface area contributed by atoms with Gasteiger partial charge in [-0.05, 0) is 32.8 Å². The zero-order valence-electron chi connectivity index (χ0n) is 13.3. The van der Waals surface area contributed by atoms with Gasteiger partial charge in [0.2, 0.25) is 0 Å². The molecule has 1 aromatic carbocycles. The lowest BCUT2D eigenvalue weighted by Gasteiger charge is -2.20. The fourth-order valence-corrected chi connectivity index (χ4v) is 2.04. The zero-order chi connectivity index (χ0) is 16.0. The number of hydrogen-bond donors (Lipinski definition) is 2. The topological polar surface area (TPSA) is 71.8 Å². The minimum atomic E-state index is -0.259. The summed E-state index contributed by atoms with van der Waals surface area (Å²) in [6.45, 7) is 6.96. The number of benzene rings is 1. The molecule has 0 spiro atoms. The number of rotatable bonds is 5. The average Bonchev–Trinajstić information content (AvgIpc) is 2.90. The Bertz CT molecular complexity index is 600. The molecule has 0 atom stereocenters. The fourth-order valence-electron chi connectivity index (χ4n) is 2.04. The monoisotopic (exact) mass is 301 g/mol. The molecular formula is C16H23N5O. The SMILES string of the molecule is CC(C)(C)NC(=O)NCc1nncn1CCc1ccccc1. The van der Waals surface area contributed by atoms with Crippen molar-refractivity contribution in [2.45, 2.75) is 45.8 Å². The van der Waals surface area contributed by atoms with Gasteiger partial charge in [0.1, 0.15) is 6.33 Å². The number of urea groups is 1. The molecule has 1 aromatic heterocycles. The summed E-state index contributed by atoms with van der Waals surface area (Å²) in [5.41, 5.74) is 1.01. The maximum absolute atomic E-state index is 11.8. The second-order valence-electron chi connectivity index (χ2n) is 6.23. The summed E-state index contributed by atoms with van der Waals surface area (Å²) in [5, 5.41) is 13.7.